The molecule has 2 aliphatic rings. The van der Waals surface area contributed by atoms with E-state index in [4.69, 9.17) is 5.73 Å². The van der Waals surface area contributed by atoms with E-state index in [1.54, 1.807) is 4.68 Å². The van der Waals surface area contributed by atoms with Crippen molar-refractivity contribution in [2.75, 3.05) is 30.0 Å². The lowest BCUT2D eigenvalue weighted by Crippen LogP contribution is -2.21. The van der Waals surface area contributed by atoms with Gasteiger partial charge in [0.25, 0.3) is 0 Å². The zero-order valence-electron chi connectivity index (χ0n) is 12.6. The number of hydrogen-bond acceptors (Lipinski definition) is 5. The van der Waals surface area contributed by atoms with Gasteiger partial charge in [0.15, 0.2) is 20.6 Å². The fourth-order valence-corrected chi connectivity index (χ4v) is 4.49. The molecule has 21 heavy (non-hydrogen) atoms. The molecule has 0 amide bonds. The van der Waals surface area contributed by atoms with Gasteiger partial charge in [-0.15, -0.1) is 0 Å². The Morgan fingerprint density at radius 2 is 1.71 bits per heavy atom. The van der Waals surface area contributed by atoms with Gasteiger partial charge in [0.05, 0.1) is 6.04 Å². The highest BCUT2D eigenvalue weighted by atomic mass is 32.2. The summed E-state index contributed by atoms with van der Waals surface area (Å²) < 4.78 is 26.1. The molecule has 0 spiro atoms. The van der Waals surface area contributed by atoms with Gasteiger partial charge in [-0.25, -0.2) is 13.1 Å². The van der Waals surface area contributed by atoms with Crippen molar-refractivity contribution < 1.29 is 8.42 Å². The molecule has 2 fully saturated rings. The second kappa shape index (κ2) is 5.51. The summed E-state index contributed by atoms with van der Waals surface area (Å²) in [6, 6.07) is 0.246. The second-order valence-corrected chi connectivity index (χ2v) is 8.19. The molecular weight excluding hydrogens is 288 g/mol. The lowest BCUT2D eigenvalue weighted by molar-refractivity contribution is 0.333. The van der Waals surface area contributed by atoms with E-state index in [1.165, 1.54) is 12.7 Å². The molecule has 0 bridgehead atoms. The quantitative estimate of drug-likeness (QED) is 0.923. The molecule has 3 rings (SSSR count). The first-order valence-electron chi connectivity index (χ1n) is 7.81. The van der Waals surface area contributed by atoms with E-state index in [9.17, 15) is 8.42 Å². The summed E-state index contributed by atoms with van der Waals surface area (Å²) in [6.07, 6.45) is 9.04. The minimum atomic E-state index is -3.37. The summed E-state index contributed by atoms with van der Waals surface area (Å²) in [7, 11) is -3.37. The fourth-order valence-electron chi connectivity index (χ4n) is 3.52. The molecule has 1 aliphatic heterocycles. The highest BCUT2D eigenvalue weighted by Crippen LogP contribution is 2.37. The Hall–Kier alpha value is -1.24. The number of nitrogens with zero attached hydrogens (tertiary/aromatic N) is 3. The van der Waals surface area contributed by atoms with Crippen LogP contribution in [0.2, 0.25) is 0 Å². The lowest BCUT2D eigenvalue weighted by atomic mass is 9.96. The maximum Gasteiger partial charge on any atom is 0.182 e. The Morgan fingerprint density at radius 3 is 2.29 bits per heavy atom. The minimum Gasteiger partial charge on any atom is -0.383 e. The van der Waals surface area contributed by atoms with Crippen molar-refractivity contribution in [1.29, 1.82) is 0 Å². The molecule has 7 heteroatoms. The van der Waals surface area contributed by atoms with Crippen LogP contribution in [0.4, 0.5) is 11.6 Å². The van der Waals surface area contributed by atoms with Crippen LogP contribution in [0.25, 0.3) is 0 Å². The molecule has 2 heterocycles. The summed E-state index contributed by atoms with van der Waals surface area (Å²) in [4.78, 5) is 2.29. The van der Waals surface area contributed by atoms with Crippen LogP contribution in [0.3, 0.4) is 0 Å². The van der Waals surface area contributed by atoms with Crippen molar-refractivity contribution in [3.05, 3.63) is 0 Å². The van der Waals surface area contributed by atoms with Gasteiger partial charge < -0.3 is 10.6 Å². The van der Waals surface area contributed by atoms with Crippen LogP contribution in [0, 0.1) is 0 Å². The summed E-state index contributed by atoms with van der Waals surface area (Å²) in [6.45, 7) is 1.73. The molecule has 0 atom stereocenters. The van der Waals surface area contributed by atoms with E-state index >= 15 is 0 Å². The van der Waals surface area contributed by atoms with E-state index in [0.717, 1.165) is 51.6 Å². The first-order chi connectivity index (χ1) is 9.98. The van der Waals surface area contributed by atoms with Crippen molar-refractivity contribution in [3.8, 4) is 0 Å². The largest absolute Gasteiger partial charge is 0.383 e. The van der Waals surface area contributed by atoms with Crippen molar-refractivity contribution in [3.63, 3.8) is 0 Å². The standard InChI is InChI=1S/C14H24N4O2S/c1-21(19,20)12-13(15)18(11-7-3-2-4-8-11)16-14(12)17-9-5-6-10-17/h11H,2-10,15H2,1H3. The molecule has 0 unspecified atom stereocenters. The molecule has 0 aromatic carbocycles. The van der Waals surface area contributed by atoms with Crippen molar-refractivity contribution >= 4 is 21.5 Å². The molecule has 0 radical (unpaired) electrons. The molecule has 2 N–H and O–H groups in total. The van der Waals surface area contributed by atoms with E-state index in [0.29, 0.717) is 11.6 Å². The number of sulfone groups is 1. The zero-order valence-corrected chi connectivity index (χ0v) is 13.4. The van der Waals surface area contributed by atoms with E-state index in [2.05, 4.69) is 10.00 Å². The maximum absolute atomic E-state index is 12.2. The molecule has 1 saturated carbocycles. The monoisotopic (exact) mass is 312 g/mol. The van der Waals surface area contributed by atoms with E-state index in [-0.39, 0.29) is 10.9 Å². The number of hydrogen-bond donors (Lipinski definition) is 1. The summed E-state index contributed by atoms with van der Waals surface area (Å²) >= 11 is 0. The van der Waals surface area contributed by atoms with Crippen molar-refractivity contribution in [1.82, 2.24) is 9.78 Å². The van der Waals surface area contributed by atoms with Crippen LogP contribution in [0.15, 0.2) is 4.90 Å². The van der Waals surface area contributed by atoms with Crippen LogP contribution in [0.5, 0.6) is 0 Å². The molecule has 6 nitrogen and oxygen atoms in total. The average Bonchev–Trinajstić information content (AvgIpc) is 3.05. The molecule has 118 valence electrons. The third-order valence-corrected chi connectivity index (χ3v) is 5.72. The van der Waals surface area contributed by atoms with Gasteiger partial charge in [-0.3, -0.25) is 0 Å². The van der Waals surface area contributed by atoms with E-state index in [1.807, 2.05) is 0 Å². The second-order valence-electron chi connectivity index (χ2n) is 6.24. The Morgan fingerprint density at radius 1 is 1.10 bits per heavy atom. The van der Waals surface area contributed by atoms with Crippen LogP contribution in [0.1, 0.15) is 51.0 Å². The molecule has 1 saturated heterocycles. The summed E-state index contributed by atoms with van der Waals surface area (Å²) in [5.41, 5.74) is 6.18. The summed E-state index contributed by atoms with van der Waals surface area (Å²) in [5, 5.41) is 4.62. The molecule has 1 aromatic rings. The molecular formula is C14H24N4O2S. The number of nitrogen functional groups attached to an aromatic ring is 1. The highest BCUT2D eigenvalue weighted by molar-refractivity contribution is 7.91. The van der Waals surface area contributed by atoms with Gasteiger partial charge in [0.2, 0.25) is 0 Å². The SMILES string of the molecule is CS(=O)(=O)c1c(N2CCCC2)nn(C2CCCCC2)c1N. The topological polar surface area (TPSA) is 81.2 Å². The maximum atomic E-state index is 12.2. The lowest BCUT2D eigenvalue weighted by Gasteiger charge is -2.23. The Balaban J connectivity index is 2.05. The van der Waals surface area contributed by atoms with Crippen LogP contribution < -0.4 is 10.6 Å². The highest BCUT2D eigenvalue weighted by Gasteiger charge is 2.31. The van der Waals surface area contributed by atoms with Gasteiger partial charge in [-0.2, -0.15) is 5.10 Å². The minimum absolute atomic E-state index is 0.231. The fraction of sp³-hybridized carbons (Fsp3) is 0.786. The number of aromatic nitrogens is 2. The Bertz CT molecular complexity index is 611. The molecule has 1 aromatic heterocycles. The van der Waals surface area contributed by atoms with Gasteiger partial charge in [-0.05, 0) is 25.7 Å². The van der Waals surface area contributed by atoms with Crippen molar-refractivity contribution in [2.24, 2.45) is 0 Å². The summed E-state index contributed by atoms with van der Waals surface area (Å²) in [5.74, 6) is 0.893. The van der Waals surface area contributed by atoms with Gasteiger partial charge in [0, 0.05) is 19.3 Å². The van der Waals surface area contributed by atoms with Crippen LogP contribution in [-0.2, 0) is 9.84 Å². The predicted molar refractivity (Wildman–Crippen MR) is 83.3 cm³/mol. The van der Waals surface area contributed by atoms with Gasteiger partial charge in [-0.1, -0.05) is 19.3 Å². The number of nitrogens with two attached hydrogens (primary N) is 1. The van der Waals surface area contributed by atoms with Crippen molar-refractivity contribution in [2.45, 2.75) is 55.9 Å². The number of rotatable bonds is 3. The third-order valence-electron chi connectivity index (χ3n) is 4.58. The smallest absolute Gasteiger partial charge is 0.182 e. The average molecular weight is 312 g/mol. The normalized spacial score (nSPS) is 21.1. The van der Waals surface area contributed by atoms with Crippen LogP contribution >= 0.6 is 0 Å². The van der Waals surface area contributed by atoms with E-state index < -0.39 is 9.84 Å². The van der Waals surface area contributed by atoms with Gasteiger partial charge >= 0.3 is 0 Å². The van der Waals surface area contributed by atoms with Crippen LogP contribution in [-0.4, -0.2) is 37.5 Å². The van der Waals surface area contributed by atoms with Gasteiger partial charge in [0.1, 0.15) is 5.82 Å². The third kappa shape index (κ3) is 2.75. The number of anilines is 2. The zero-order chi connectivity index (χ0) is 15.0. The first-order valence-corrected chi connectivity index (χ1v) is 9.70. The Labute approximate surface area is 126 Å². The Kier molecular flexibility index (Phi) is 3.86. The molecule has 1 aliphatic carbocycles. The first kappa shape index (κ1) is 14.7. The predicted octanol–water partition coefficient (Wildman–Crippen LogP) is 1.97.